The molecule has 4 rings (SSSR count). The van der Waals surface area contributed by atoms with Crippen molar-refractivity contribution in [3.8, 4) is 0 Å². The molecule has 0 radical (unpaired) electrons. The number of ether oxygens (including phenoxy) is 1. The maximum absolute atomic E-state index is 14.8. The van der Waals surface area contributed by atoms with E-state index in [2.05, 4.69) is 20.6 Å². The van der Waals surface area contributed by atoms with E-state index in [1.165, 1.54) is 29.2 Å². The maximum atomic E-state index is 14.8. The molecule has 0 spiro atoms. The first-order valence-electron chi connectivity index (χ1n) is 12.5. The minimum atomic E-state index is -0.598. The van der Waals surface area contributed by atoms with Crippen molar-refractivity contribution in [1.29, 1.82) is 0 Å². The third kappa shape index (κ3) is 7.73. The zero-order chi connectivity index (χ0) is 28.5. The molecule has 1 amide bonds. The van der Waals surface area contributed by atoms with Crippen molar-refractivity contribution in [2.24, 2.45) is 0 Å². The van der Waals surface area contributed by atoms with Crippen LogP contribution in [0.15, 0.2) is 72.9 Å². The van der Waals surface area contributed by atoms with Crippen molar-refractivity contribution in [2.45, 2.75) is 25.5 Å². The molecule has 1 unspecified atom stereocenters. The van der Waals surface area contributed by atoms with Crippen LogP contribution in [0, 0.1) is 12.7 Å². The fraction of sp³-hybridized carbons (Fsp3) is 0.207. The number of aromatic nitrogens is 2. The van der Waals surface area contributed by atoms with Crippen molar-refractivity contribution >= 4 is 57.4 Å². The molecule has 11 heteroatoms. The number of rotatable bonds is 12. The van der Waals surface area contributed by atoms with Crippen LogP contribution in [0.1, 0.15) is 49.9 Å². The smallest absolute Gasteiger partial charge is 0.338 e. The number of amides is 1. The number of anilines is 3. The second-order valence-electron chi connectivity index (χ2n) is 8.57. The van der Waals surface area contributed by atoms with Gasteiger partial charge in [0, 0.05) is 29.1 Å². The fourth-order valence-electron chi connectivity index (χ4n) is 3.79. The van der Waals surface area contributed by atoms with E-state index in [9.17, 15) is 18.8 Å². The minimum Gasteiger partial charge on any atom is -0.462 e. The number of nitrogens with one attached hydrogen (secondary N) is 2. The van der Waals surface area contributed by atoms with E-state index in [0.29, 0.717) is 38.3 Å². The number of hydrogen-bond donors (Lipinski definition) is 2. The average molecular weight is 579 g/mol. The van der Waals surface area contributed by atoms with E-state index in [-0.39, 0.29) is 30.5 Å². The summed E-state index contributed by atoms with van der Waals surface area (Å²) in [5.74, 6) is -0.805. The van der Waals surface area contributed by atoms with E-state index in [1.807, 2.05) is 6.07 Å². The van der Waals surface area contributed by atoms with Crippen molar-refractivity contribution in [2.75, 3.05) is 23.0 Å². The van der Waals surface area contributed by atoms with Gasteiger partial charge in [0.15, 0.2) is 10.9 Å². The van der Waals surface area contributed by atoms with Crippen molar-refractivity contribution in [3.05, 3.63) is 100 Å². The number of ketones is 1. The SMILES string of the molecule is CCOC(=O)c1ccc(NC(=O)CSC(CC(=O)c2sc(Nc3ccccn3)nc2C)c2ccccc2F)cc1. The Morgan fingerprint density at radius 3 is 2.50 bits per heavy atom. The highest BCUT2D eigenvalue weighted by molar-refractivity contribution is 8.00. The summed E-state index contributed by atoms with van der Waals surface area (Å²) in [5, 5.41) is 5.80. The number of esters is 1. The highest BCUT2D eigenvalue weighted by atomic mass is 32.2. The van der Waals surface area contributed by atoms with Crippen molar-refractivity contribution in [3.63, 3.8) is 0 Å². The molecule has 0 aliphatic rings. The van der Waals surface area contributed by atoms with E-state index in [1.54, 1.807) is 74.6 Å². The molecule has 2 heterocycles. The molecular formula is C29H27FN4O4S2. The number of hydrogen-bond acceptors (Lipinski definition) is 9. The Hall–Kier alpha value is -4.09. The number of thiazole rings is 1. The predicted molar refractivity (Wildman–Crippen MR) is 156 cm³/mol. The second-order valence-corrected chi connectivity index (χ2v) is 10.8. The third-order valence-corrected chi connectivity index (χ3v) is 8.03. The summed E-state index contributed by atoms with van der Waals surface area (Å²) in [6, 6.07) is 18.0. The molecule has 2 N–H and O–H groups in total. The second kappa shape index (κ2) is 13.8. The Balaban J connectivity index is 1.43. The zero-order valence-corrected chi connectivity index (χ0v) is 23.5. The molecule has 0 aliphatic heterocycles. The monoisotopic (exact) mass is 578 g/mol. The number of nitrogens with zero attached hydrogens (tertiary/aromatic N) is 2. The third-order valence-electron chi connectivity index (χ3n) is 5.67. The van der Waals surface area contributed by atoms with Crippen LogP contribution in [0.2, 0.25) is 0 Å². The lowest BCUT2D eigenvalue weighted by atomic mass is 10.1. The van der Waals surface area contributed by atoms with Gasteiger partial charge in [-0.1, -0.05) is 35.6 Å². The summed E-state index contributed by atoms with van der Waals surface area (Å²) in [4.78, 5) is 47.0. The van der Waals surface area contributed by atoms with Crippen LogP contribution in [0.25, 0.3) is 0 Å². The molecule has 2 aromatic heterocycles. The van der Waals surface area contributed by atoms with Crippen LogP contribution in [-0.2, 0) is 9.53 Å². The van der Waals surface area contributed by atoms with Crippen LogP contribution >= 0.6 is 23.1 Å². The van der Waals surface area contributed by atoms with E-state index < -0.39 is 17.0 Å². The number of thioether (sulfide) groups is 1. The Kier molecular flexibility index (Phi) is 9.98. The highest BCUT2D eigenvalue weighted by Crippen LogP contribution is 2.36. The molecule has 1 atom stereocenters. The lowest BCUT2D eigenvalue weighted by Gasteiger charge is -2.17. The van der Waals surface area contributed by atoms with E-state index in [4.69, 9.17) is 4.74 Å². The van der Waals surface area contributed by atoms with Crippen molar-refractivity contribution < 1.29 is 23.5 Å². The van der Waals surface area contributed by atoms with Crippen LogP contribution in [-0.4, -0.2) is 40.0 Å². The summed E-state index contributed by atoms with van der Waals surface area (Å²) >= 11 is 2.39. The van der Waals surface area contributed by atoms with Gasteiger partial charge >= 0.3 is 5.97 Å². The van der Waals surface area contributed by atoms with Crippen LogP contribution in [0.5, 0.6) is 0 Å². The quantitative estimate of drug-likeness (QED) is 0.143. The molecule has 40 heavy (non-hydrogen) atoms. The standard InChI is InChI=1S/C29H27FN4O4S2/c1-3-38-28(37)19-11-13-20(14-12-19)33-26(36)17-39-24(21-8-4-5-9-22(21)30)16-23(35)27-18(2)32-29(40-27)34-25-10-6-7-15-31-25/h4-15,24H,3,16-17H2,1-2H3,(H,33,36)(H,31,32,34). The van der Waals surface area contributed by atoms with Crippen molar-refractivity contribution in [1.82, 2.24) is 9.97 Å². The molecule has 4 aromatic rings. The number of aryl methyl sites for hydroxylation is 1. The molecule has 0 fully saturated rings. The van der Waals surface area contributed by atoms with Gasteiger partial charge in [0.05, 0.1) is 28.5 Å². The molecule has 206 valence electrons. The largest absolute Gasteiger partial charge is 0.462 e. The maximum Gasteiger partial charge on any atom is 0.338 e. The fourth-order valence-corrected chi connectivity index (χ4v) is 5.77. The number of halogens is 1. The number of carbonyl (C=O) groups is 3. The number of pyridine rings is 1. The number of Topliss-reactive ketones (excluding diaryl/α,β-unsaturated/α-hetero) is 1. The average Bonchev–Trinajstić information content (AvgIpc) is 3.32. The highest BCUT2D eigenvalue weighted by Gasteiger charge is 2.24. The van der Waals surface area contributed by atoms with Gasteiger partial charge in [-0.05, 0) is 56.3 Å². The molecule has 0 saturated carbocycles. The van der Waals surface area contributed by atoms with Crippen LogP contribution < -0.4 is 10.6 Å². The number of carbonyl (C=O) groups excluding carboxylic acids is 3. The first-order chi connectivity index (χ1) is 19.3. The van der Waals surface area contributed by atoms with Gasteiger partial charge in [0.1, 0.15) is 11.6 Å². The number of benzene rings is 2. The van der Waals surface area contributed by atoms with Gasteiger partial charge in [-0.3, -0.25) is 9.59 Å². The minimum absolute atomic E-state index is 0.0138. The van der Waals surface area contributed by atoms with Gasteiger partial charge in [-0.25, -0.2) is 19.2 Å². The lowest BCUT2D eigenvalue weighted by Crippen LogP contribution is -2.16. The summed E-state index contributed by atoms with van der Waals surface area (Å²) in [5.41, 5.74) is 1.80. The zero-order valence-electron chi connectivity index (χ0n) is 21.8. The summed E-state index contributed by atoms with van der Waals surface area (Å²) in [6.07, 6.45) is 1.64. The normalized spacial score (nSPS) is 11.5. The first-order valence-corrected chi connectivity index (χ1v) is 14.3. The Labute approximate surface area is 239 Å². The molecule has 0 saturated heterocycles. The topological polar surface area (TPSA) is 110 Å². The van der Waals surface area contributed by atoms with Gasteiger partial charge in [0.2, 0.25) is 5.91 Å². The van der Waals surface area contributed by atoms with Crippen LogP contribution in [0.4, 0.5) is 21.0 Å². The summed E-state index contributed by atoms with van der Waals surface area (Å²) in [7, 11) is 0. The van der Waals surface area contributed by atoms with E-state index in [0.717, 1.165) is 0 Å². The van der Waals surface area contributed by atoms with Gasteiger partial charge < -0.3 is 15.4 Å². The van der Waals surface area contributed by atoms with Crippen LogP contribution in [0.3, 0.4) is 0 Å². The molecule has 0 bridgehead atoms. The molecule has 8 nitrogen and oxygen atoms in total. The van der Waals surface area contributed by atoms with Gasteiger partial charge in [-0.15, -0.1) is 11.8 Å². The molecule has 2 aromatic carbocycles. The molecular weight excluding hydrogens is 551 g/mol. The van der Waals surface area contributed by atoms with Gasteiger partial charge in [-0.2, -0.15) is 0 Å². The molecule has 0 aliphatic carbocycles. The lowest BCUT2D eigenvalue weighted by molar-refractivity contribution is -0.113. The Morgan fingerprint density at radius 1 is 1.05 bits per heavy atom. The Morgan fingerprint density at radius 2 is 1.80 bits per heavy atom. The summed E-state index contributed by atoms with van der Waals surface area (Å²) in [6.45, 7) is 3.74. The summed E-state index contributed by atoms with van der Waals surface area (Å²) < 4.78 is 19.7. The predicted octanol–water partition coefficient (Wildman–Crippen LogP) is 6.59. The van der Waals surface area contributed by atoms with E-state index >= 15 is 0 Å². The Bertz CT molecular complexity index is 1480. The first kappa shape index (κ1) is 28.9. The van der Waals surface area contributed by atoms with Gasteiger partial charge in [0.25, 0.3) is 0 Å².